The third-order valence-electron chi connectivity index (χ3n) is 4.35. The molecule has 0 unspecified atom stereocenters. The number of nitrogens with one attached hydrogen (secondary N) is 1. The van der Waals surface area contributed by atoms with E-state index in [2.05, 4.69) is 31.4 Å². The molecule has 1 amide bonds. The van der Waals surface area contributed by atoms with Crippen LogP contribution in [-0.4, -0.2) is 30.3 Å². The molecule has 1 N–H and O–H groups in total. The third-order valence-corrected chi connectivity index (χ3v) is 5.24. The summed E-state index contributed by atoms with van der Waals surface area (Å²) in [5, 5.41) is 6.91. The molecule has 0 saturated heterocycles. The Morgan fingerprint density at radius 3 is 2.66 bits per heavy atom. The van der Waals surface area contributed by atoms with Crippen molar-refractivity contribution >= 4 is 27.5 Å². The van der Waals surface area contributed by atoms with Crippen molar-refractivity contribution in [2.75, 3.05) is 19.5 Å². The molecule has 0 atom stereocenters. The Morgan fingerprint density at radius 1 is 1.14 bits per heavy atom. The summed E-state index contributed by atoms with van der Waals surface area (Å²) in [7, 11) is 3.15. The van der Waals surface area contributed by atoms with Crippen molar-refractivity contribution in [3.63, 3.8) is 0 Å². The second-order valence-corrected chi connectivity index (χ2v) is 7.30. The molecule has 152 valence electrons. The summed E-state index contributed by atoms with van der Waals surface area (Å²) in [5.41, 5.74) is 2.61. The van der Waals surface area contributed by atoms with Crippen LogP contribution in [0.2, 0.25) is 0 Å². The highest BCUT2D eigenvalue weighted by Gasteiger charge is 2.13. The van der Waals surface area contributed by atoms with E-state index in [4.69, 9.17) is 14.0 Å². The van der Waals surface area contributed by atoms with Crippen molar-refractivity contribution in [2.45, 2.75) is 26.2 Å². The molecule has 8 heteroatoms. The molecule has 0 radical (unpaired) electrons. The number of halogens is 1. The number of anilines is 1. The number of amides is 1. The number of carbonyl (C=O) groups excluding carboxylic acids is 1. The lowest BCUT2D eigenvalue weighted by molar-refractivity contribution is -0.116. The maximum atomic E-state index is 12.1. The summed E-state index contributed by atoms with van der Waals surface area (Å²) < 4.78 is 16.9. The summed E-state index contributed by atoms with van der Waals surface area (Å²) in [6.45, 7) is 1.98. The largest absolute Gasteiger partial charge is 0.493 e. The van der Waals surface area contributed by atoms with E-state index >= 15 is 0 Å². The molecule has 3 aromatic rings. The third kappa shape index (κ3) is 5.35. The van der Waals surface area contributed by atoms with Crippen molar-refractivity contribution < 1.29 is 18.8 Å². The first-order valence-corrected chi connectivity index (χ1v) is 9.90. The topological polar surface area (TPSA) is 86.5 Å². The second kappa shape index (κ2) is 9.56. The molecule has 0 spiro atoms. The minimum absolute atomic E-state index is 0.0497. The molecule has 29 heavy (non-hydrogen) atoms. The molecular formula is C21H22BrN3O4. The lowest BCUT2D eigenvalue weighted by Gasteiger charge is -2.07. The van der Waals surface area contributed by atoms with Gasteiger partial charge in [0, 0.05) is 28.6 Å². The zero-order chi connectivity index (χ0) is 20.8. The molecule has 0 aliphatic heterocycles. The summed E-state index contributed by atoms with van der Waals surface area (Å²) in [5.74, 6) is 2.13. The Morgan fingerprint density at radius 2 is 1.93 bits per heavy atom. The van der Waals surface area contributed by atoms with Gasteiger partial charge < -0.3 is 19.3 Å². The lowest BCUT2D eigenvalue weighted by Crippen LogP contribution is -2.11. The second-order valence-electron chi connectivity index (χ2n) is 6.45. The van der Waals surface area contributed by atoms with E-state index in [1.807, 2.05) is 31.2 Å². The maximum absolute atomic E-state index is 12.1. The fourth-order valence-corrected chi connectivity index (χ4v) is 3.04. The number of ether oxygens (including phenoxy) is 2. The maximum Gasteiger partial charge on any atom is 0.226 e. The van der Waals surface area contributed by atoms with Gasteiger partial charge in [0.25, 0.3) is 0 Å². The van der Waals surface area contributed by atoms with Crippen LogP contribution in [0.15, 0.2) is 45.4 Å². The number of methoxy groups -OCH3 is 2. The van der Waals surface area contributed by atoms with Crippen LogP contribution in [0.3, 0.4) is 0 Å². The van der Waals surface area contributed by atoms with E-state index in [0.717, 1.165) is 21.3 Å². The van der Waals surface area contributed by atoms with Gasteiger partial charge in [-0.05, 0) is 55.3 Å². The number of hydrogen-bond acceptors (Lipinski definition) is 6. The van der Waals surface area contributed by atoms with Crippen LogP contribution in [0.1, 0.15) is 24.3 Å². The van der Waals surface area contributed by atoms with Gasteiger partial charge >= 0.3 is 0 Å². The van der Waals surface area contributed by atoms with Crippen molar-refractivity contribution in [1.29, 1.82) is 0 Å². The van der Waals surface area contributed by atoms with Crippen LogP contribution in [0.5, 0.6) is 11.5 Å². The van der Waals surface area contributed by atoms with E-state index in [1.54, 1.807) is 26.4 Å². The number of nitrogens with zero attached hydrogens (tertiary/aromatic N) is 2. The number of aryl methyl sites for hydroxylation is 2. The average molecular weight is 460 g/mol. The first-order chi connectivity index (χ1) is 14.0. The average Bonchev–Trinajstić information content (AvgIpc) is 3.19. The predicted molar refractivity (Wildman–Crippen MR) is 113 cm³/mol. The molecule has 0 saturated carbocycles. The molecule has 3 rings (SSSR count). The van der Waals surface area contributed by atoms with Gasteiger partial charge in [-0.15, -0.1) is 0 Å². The summed E-state index contributed by atoms with van der Waals surface area (Å²) in [4.78, 5) is 16.5. The SMILES string of the molecule is COc1ccc(-c2noc(CCCC(=O)Nc3ccc(Br)c(C)c3)n2)cc1OC. The van der Waals surface area contributed by atoms with E-state index in [1.165, 1.54) is 0 Å². The van der Waals surface area contributed by atoms with Crippen molar-refractivity contribution in [2.24, 2.45) is 0 Å². The highest BCUT2D eigenvalue weighted by atomic mass is 79.9. The minimum Gasteiger partial charge on any atom is -0.493 e. The number of carbonyl (C=O) groups is 1. The van der Waals surface area contributed by atoms with Crippen LogP contribution in [0, 0.1) is 6.92 Å². The first-order valence-electron chi connectivity index (χ1n) is 9.11. The number of hydrogen-bond donors (Lipinski definition) is 1. The molecule has 0 bridgehead atoms. The fourth-order valence-electron chi connectivity index (χ4n) is 2.80. The van der Waals surface area contributed by atoms with Gasteiger partial charge in [-0.25, -0.2) is 0 Å². The minimum atomic E-state index is -0.0497. The van der Waals surface area contributed by atoms with Gasteiger partial charge in [0.15, 0.2) is 11.5 Å². The first kappa shape index (κ1) is 20.9. The molecule has 7 nitrogen and oxygen atoms in total. The van der Waals surface area contributed by atoms with Gasteiger partial charge in [-0.1, -0.05) is 21.1 Å². The van der Waals surface area contributed by atoms with Crippen LogP contribution in [-0.2, 0) is 11.2 Å². The molecular weight excluding hydrogens is 438 g/mol. The quantitative estimate of drug-likeness (QED) is 0.521. The molecule has 0 fully saturated rings. The van der Waals surface area contributed by atoms with E-state index in [0.29, 0.717) is 42.5 Å². The van der Waals surface area contributed by atoms with Gasteiger partial charge in [0.2, 0.25) is 17.6 Å². The van der Waals surface area contributed by atoms with Crippen molar-refractivity contribution in [3.05, 3.63) is 52.3 Å². The van der Waals surface area contributed by atoms with E-state index in [-0.39, 0.29) is 5.91 Å². The smallest absolute Gasteiger partial charge is 0.226 e. The van der Waals surface area contributed by atoms with Gasteiger partial charge in [0.1, 0.15) is 0 Å². The van der Waals surface area contributed by atoms with Gasteiger partial charge in [0.05, 0.1) is 14.2 Å². The zero-order valence-electron chi connectivity index (χ0n) is 16.5. The fraction of sp³-hybridized carbons (Fsp3) is 0.286. The monoisotopic (exact) mass is 459 g/mol. The number of aromatic nitrogens is 2. The van der Waals surface area contributed by atoms with Crippen LogP contribution in [0.4, 0.5) is 5.69 Å². The highest BCUT2D eigenvalue weighted by molar-refractivity contribution is 9.10. The van der Waals surface area contributed by atoms with Gasteiger partial charge in [-0.2, -0.15) is 4.98 Å². The Balaban J connectivity index is 1.54. The summed E-state index contributed by atoms with van der Waals surface area (Å²) in [6.07, 6.45) is 1.49. The number of benzene rings is 2. The van der Waals surface area contributed by atoms with E-state index in [9.17, 15) is 4.79 Å². The molecule has 2 aromatic carbocycles. The Labute approximate surface area is 177 Å². The Hall–Kier alpha value is -2.87. The highest BCUT2D eigenvalue weighted by Crippen LogP contribution is 2.31. The summed E-state index contributed by atoms with van der Waals surface area (Å²) in [6, 6.07) is 11.1. The number of rotatable bonds is 8. The Bertz CT molecular complexity index is 1000. The van der Waals surface area contributed by atoms with Crippen LogP contribution >= 0.6 is 15.9 Å². The molecule has 1 aromatic heterocycles. The molecule has 0 aliphatic carbocycles. The summed E-state index contributed by atoms with van der Waals surface area (Å²) >= 11 is 3.45. The zero-order valence-corrected chi connectivity index (χ0v) is 18.1. The molecule has 0 aliphatic rings. The normalized spacial score (nSPS) is 10.6. The van der Waals surface area contributed by atoms with Gasteiger partial charge in [-0.3, -0.25) is 4.79 Å². The lowest BCUT2D eigenvalue weighted by atomic mass is 10.2. The van der Waals surface area contributed by atoms with Crippen LogP contribution < -0.4 is 14.8 Å². The standard InChI is InChI=1S/C21H22BrN3O4/c1-13-11-15(8-9-16(13)22)23-19(26)5-4-6-20-24-21(25-29-20)14-7-10-17(27-2)18(12-14)28-3/h7-12H,4-6H2,1-3H3,(H,23,26). The van der Waals surface area contributed by atoms with Crippen molar-refractivity contribution in [3.8, 4) is 22.9 Å². The molecule has 1 heterocycles. The van der Waals surface area contributed by atoms with Crippen LogP contribution in [0.25, 0.3) is 11.4 Å². The van der Waals surface area contributed by atoms with Crippen molar-refractivity contribution in [1.82, 2.24) is 10.1 Å². The van der Waals surface area contributed by atoms with E-state index < -0.39 is 0 Å². The Kier molecular flexibility index (Phi) is 6.87. The predicted octanol–water partition coefficient (Wildman–Crippen LogP) is 4.79.